The van der Waals surface area contributed by atoms with E-state index in [0.29, 0.717) is 24.1 Å². The Bertz CT molecular complexity index is 814. The zero-order valence-electron chi connectivity index (χ0n) is 17.2. The van der Waals surface area contributed by atoms with Crippen LogP contribution in [-0.2, 0) is 14.4 Å². The van der Waals surface area contributed by atoms with E-state index in [1.807, 2.05) is 0 Å². The Balaban J connectivity index is 2.41. The number of carboxylic acids is 3. The monoisotopic (exact) mass is 453 g/mol. The lowest BCUT2D eigenvalue weighted by Crippen LogP contribution is -2.51. The van der Waals surface area contributed by atoms with Crippen LogP contribution >= 0.6 is 0 Å². The summed E-state index contributed by atoms with van der Waals surface area (Å²) in [6, 6.07) is 2.68. The molecule has 0 spiro atoms. The Hall–Kier alpha value is -3.87. The van der Waals surface area contributed by atoms with Gasteiger partial charge in [-0.1, -0.05) is 0 Å². The van der Waals surface area contributed by atoms with Crippen molar-refractivity contribution in [2.45, 2.75) is 44.2 Å². The van der Waals surface area contributed by atoms with Gasteiger partial charge in [0, 0.05) is 24.2 Å². The maximum atomic E-state index is 12.0. The van der Waals surface area contributed by atoms with E-state index in [1.54, 1.807) is 24.3 Å². The van der Waals surface area contributed by atoms with Crippen molar-refractivity contribution in [3.63, 3.8) is 0 Å². The molecule has 0 saturated carbocycles. The van der Waals surface area contributed by atoms with Crippen LogP contribution in [0.1, 0.15) is 42.5 Å². The number of anilines is 1. The van der Waals surface area contributed by atoms with Gasteiger partial charge >= 0.3 is 23.9 Å². The van der Waals surface area contributed by atoms with Gasteiger partial charge in [0.15, 0.2) is 0 Å². The van der Waals surface area contributed by atoms with Crippen molar-refractivity contribution in [1.82, 2.24) is 16.0 Å². The Labute approximate surface area is 183 Å². The highest BCUT2D eigenvalue weighted by Gasteiger charge is 2.24. The summed E-state index contributed by atoms with van der Waals surface area (Å²) in [6.45, 7) is 0.282. The molecule has 2 unspecified atom stereocenters. The van der Waals surface area contributed by atoms with Crippen molar-refractivity contribution in [3.8, 4) is 0 Å². The molecule has 0 saturated heterocycles. The molecule has 176 valence electrons. The lowest BCUT2D eigenvalue weighted by atomic mass is 10.1. The molecule has 0 aliphatic rings. The zero-order valence-corrected chi connectivity index (χ0v) is 17.2. The van der Waals surface area contributed by atoms with Gasteiger partial charge in [0.1, 0.15) is 12.1 Å². The Morgan fingerprint density at radius 1 is 0.844 bits per heavy atom. The number of benzene rings is 1. The maximum absolute atomic E-state index is 12.0. The summed E-state index contributed by atoms with van der Waals surface area (Å²) in [4.78, 5) is 57.0. The molecule has 1 rings (SSSR count). The number of hydrogen-bond acceptors (Lipinski definition) is 7. The Kier molecular flexibility index (Phi) is 11.0. The molecule has 2 atom stereocenters. The van der Waals surface area contributed by atoms with Gasteiger partial charge in [-0.25, -0.2) is 14.4 Å². The number of aliphatic carboxylic acids is 3. The number of nitrogens with two attached hydrogens (primary N) is 1. The molecule has 0 fully saturated rings. The number of amides is 3. The van der Waals surface area contributed by atoms with E-state index in [-0.39, 0.29) is 25.3 Å². The Morgan fingerprint density at radius 2 is 1.41 bits per heavy atom. The molecule has 0 radical (unpaired) electrons. The normalized spacial score (nSPS) is 12.2. The minimum Gasteiger partial charge on any atom is -0.481 e. The SMILES string of the molecule is NNc1ccc(C(=O)NCCCCC(NC(=O)NC(CCC(=O)O)C(=O)O)C(=O)O)cc1. The van der Waals surface area contributed by atoms with Crippen molar-refractivity contribution < 1.29 is 39.3 Å². The Morgan fingerprint density at radius 3 is 1.91 bits per heavy atom. The first-order valence-corrected chi connectivity index (χ1v) is 9.73. The predicted molar refractivity (Wildman–Crippen MR) is 112 cm³/mol. The van der Waals surface area contributed by atoms with Crippen LogP contribution in [0.4, 0.5) is 10.5 Å². The fourth-order valence-electron chi connectivity index (χ4n) is 2.64. The standard InChI is InChI=1S/C19H27N5O8/c20-24-12-6-4-11(5-7-12)16(27)21-10-2-1-3-13(17(28)29)22-19(32)23-14(18(30)31)8-9-15(25)26/h4-7,13-14,24H,1-3,8-10,20H2,(H,21,27)(H,25,26)(H,28,29)(H,30,31)(H2,22,23,32). The molecule has 13 heteroatoms. The highest BCUT2D eigenvalue weighted by Crippen LogP contribution is 2.08. The second-order valence-corrected chi connectivity index (χ2v) is 6.81. The quantitative estimate of drug-likeness (QED) is 0.106. The van der Waals surface area contributed by atoms with E-state index in [4.69, 9.17) is 16.1 Å². The molecule has 0 aromatic heterocycles. The summed E-state index contributed by atoms with van der Waals surface area (Å²) in [7, 11) is 0. The summed E-state index contributed by atoms with van der Waals surface area (Å²) in [5.41, 5.74) is 3.53. The lowest BCUT2D eigenvalue weighted by Gasteiger charge is -2.18. The first kappa shape index (κ1) is 26.2. The fraction of sp³-hybridized carbons (Fsp3) is 0.421. The average Bonchev–Trinajstić information content (AvgIpc) is 2.74. The summed E-state index contributed by atoms with van der Waals surface area (Å²) >= 11 is 0. The predicted octanol–water partition coefficient (Wildman–Crippen LogP) is -0.0573. The van der Waals surface area contributed by atoms with Gasteiger partial charge in [-0.15, -0.1) is 0 Å². The van der Waals surface area contributed by atoms with Crippen molar-refractivity contribution in [2.24, 2.45) is 5.84 Å². The van der Waals surface area contributed by atoms with E-state index in [2.05, 4.69) is 21.4 Å². The van der Waals surface area contributed by atoms with Crippen molar-refractivity contribution in [2.75, 3.05) is 12.0 Å². The van der Waals surface area contributed by atoms with Crippen molar-refractivity contribution in [1.29, 1.82) is 0 Å². The molecule has 1 aromatic carbocycles. The molecule has 1 aromatic rings. The van der Waals surface area contributed by atoms with Crippen LogP contribution in [0.15, 0.2) is 24.3 Å². The fourth-order valence-corrected chi connectivity index (χ4v) is 2.64. The molecular weight excluding hydrogens is 426 g/mol. The molecule has 0 heterocycles. The number of nitrogens with one attached hydrogen (secondary N) is 4. The summed E-state index contributed by atoms with van der Waals surface area (Å²) < 4.78 is 0. The van der Waals surface area contributed by atoms with Crippen LogP contribution in [0.5, 0.6) is 0 Å². The number of urea groups is 1. The summed E-state index contributed by atoms with van der Waals surface area (Å²) in [5, 5.41) is 33.8. The highest BCUT2D eigenvalue weighted by atomic mass is 16.4. The van der Waals surface area contributed by atoms with Gasteiger partial charge < -0.3 is 36.7 Å². The van der Waals surface area contributed by atoms with Crippen LogP contribution in [0.2, 0.25) is 0 Å². The van der Waals surface area contributed by atoms with Gasteiger partial charge in [0.25, 0.3) is 5.91 Å². The van der Waals surface area contributed by atoms with Crippen molar-refractivity contribution >= 4 is 35.5 Å². The number of nitrogen functional groups attached to an aromatic ring is 1. The number of carbonyl (C=O) groups excluding carboxylic acids is 2. The van der Waals surface area contributed by atoms with E-state index in [9.17, 15) is 29.1 Å². The molecule has 0 bridgehead atoms. The topological polar surface area (TPSA) is 220 Å². The second kappa shape index (κ2) is 13.4. The summed E-state index contributed by atoms with van der Waals surface area (Å²) in [5.74, 6) is 0.987. The average molecular weight is 453 g/mol. The maximum Gasteiger partial charge on any atom is 0.326 e. The second-order valence-electron chi connectivity index (χ2n) is 6.81. The van der Waals surface area contributed by atoms with Crippen LogP contribution in [0, 0.1) is 0 Å². The number of unbranched alkanes of at least 4 members (excludes halogenated alkanes) is 1. The molecule has 3 amide bonds. The molecular formula is C19H27N5O8. The molecule has 32 heavy (non-hydrogen) atoms. The first-order valence-electron chi connectivity index (χ1n) is 9.73. The third-order valence-electron chi connectivity index (χ3n) is 4.37. The molecule has 0 aliphatic carbocycles. The highest BCUT2D eigenvalue weighted by molar-refractivity contribution is 5.94. The molecule has 13 nitrogen and oxygen atoms in total. The van der Waals surface area contributed by atoms with E-state index in [0.717, 1.165) is 0 Å². The minimum atomic E-state index is -1.47. The largest absolute Gasteiger partial charge is 0.481 e. The van der Waals surface area contributed by atoms with Crippen LogP contribution in [0.3, 0.4) is 0 Å². The van der Waals surface area contributed by atoms with Gasteiger partial charge in [0.2, 0.25) is 0 Å². The third kappa shape index (κ3) is 9.75. The molecule has 9 N–H and O–H groups in total. The summed E-state index contributed by atoms with van der Waals surface area (Å²) in [6.07, 6.45) is 0.0231. The van der Waals surface area contributed by atoms with Crippen LogP contribution < -0.4 is 27.2 Å². The van der Waals surface area contributed by atoms with Gasteiger partial charge in [-0.3, -0.25) is 15.4 Å². The number of hydrogen-bond donors (Lipinski definition) is 8. The van der Waals surface area contributed by atoms with Crippen LogP contribution in [0.25, 0.3) is 0 Å². The number of carboxylic acid groups (broad SMARTS) is 3. The minimum absolute atomic E-state index is 0.0440. The van der Waals surface area contributed by atoms with Gasteiger partial charge in [0.05, 0.1) is 0 Å². The lowest BCUT2D eigenvalue weighted by molar-refractivity contribution is -0.140. The van der Waals surface area contributed by atoms with E-state index in [1.165, 1.54) is 0 Å². The third-order valence-corrected chi connectivity index (χ3v) is 4.37. The first-order chi connectivity index (χ1) is 15.1. The van der Waals surface area contributed by atoms with Crippen LogP contribution in [-0.4, -0.2) is 63.8 Å². The smallest absolute Gasteiger partial charge is 0.326 e. The zero-order chi connectivity index (χ0) is 24.1. The number of rotatable bonds is 14. The van der Waals surface area contributed by atoms with E-state index >= 15 is 0 Å². The van der Waals surface area contributed by atoms with Gasteiger partial charge in [-0.2, -0.15) is 0 Å². The van der Waals surface area contributed by atoms with Crippen molar-refractivity contribution in [3.05, 3.63) is 29.8 Å². The number of hydrazine groups is 1. The number of carbonyl (C=O) groups is 5. The van der Waals surface area contributed by atoms with Gasteiger partial charge in [-0.05, 0) is 49.9 Å². The molecule has 0 aliphatic heterocycles. The van der Waals surface area contributed by atoms with E-state index < -0.39 is 42.4 Å².